The molecule has 1 aliphatic rings. The molecule has 3 rings (SSSR count). The van der Waals surface area contributed by atoms with Crippen molar-refractivity contribution in [3.05, 3.63) is 28.8 Å². The second-order valence-corrected chi connectivity index (χ2v) is 5.42. The van der Waals surface area contributed by atoms with Crippen LogP contribution >= 0.6 is 11.3 Å². The number of thiazole rings is 1. The lowest BCUT2D eigenvalue weighted by Gasteiger charge is -1.99. The number of carbonyl (C=O) groups is 1. The van der Waals surface area contributed by atoms with Gasteiger partial charge in [0.1, 0.15) is 5.01 Å². The maximum Gasteiger partial charge on any atom is 0.358 e. The van der Waals surface area contributed by atoms with Crippen molar-refractivity contribution in [2.24, 2.45) is 0 Å². The first kappa shape index (κ1) is 12.9. The molecule has 0 saturated heterocycles. The number of nitrogens with zero attached hydrogens (tertiary/aromatic N) is 1. The van der Waals surface area contributed by atoms with E-state index < -0.39 is 0 Å². The number of rotatable bonds is 3. The Morgan fingerprint density at radius 3 is 3.00 bits per heavy atom. The van der Waals surface area contributed by atoms with Gasteiger partial charge in [-0.2, -0.15) is 0 Å². The zero-order valence-electron chi connectivity index (χ0n) is 11.1. The van der Waals surface area contributed by atoms with Crippen molar-refractivity contribution in [1.82, 2.24) is 4.98 Å². The van der Waals surface area contributed by atoms with E-state index in [2.05, 4.69) is 4.98 Å². The standard InChI is InChI=1S/C14H13NO4S/c1-3-17-14(16)12-8(2)20-13(15-12)9-4-5-10-11(6-9)19-7-18-10/h4-6H,3,7H2,1-2H3. The second-order valence-electron chi connectivity index (χ2n) is 4.21. The summed E-state index contributed by atoms with van der Waals surface area (Å²) >= 11 is 1.46. The molecule has 20 heavy (non-hydrogen) atoms. The van der Waals surface area contributed by atoms with E-state index in [9.17, 15) is 4.79 Å². The minimum atomic E-state index is -0.381. The lowest BCUT2D eigenvalue weighted by molar-refractivity contribution is 0.0519. The van der Waals surface area contributed by atoms with E-state index in [0.717, 1.165) is 21.2 Å². The third-order valence-electron chi connectivity index (χ3n) is 2.88. The molecule has 6 heteroatoms. The van der Waals surface area contributed by atoms with Crippen molar-refractivity contribution in [3.63, 3.8) is 0 Å². The van der Waals surface area contributed by atoms with Gasteiger partial charge in [0, 0.05) is 10.4 Å². The normalized spacial score (nSPS) is 12.5. The highest BCUT2D eigenvalue weighted by Gasteiger charge is 2.19. The largest absolute Gasteiger partial charge is 0.461 e. The van der Waals surface area contributed by atoms with Gasteiger partial charge in [0.05, 0.1) is 6.61 Å². The molecule has 0 N–H and O–H groups in total. The Hall–Kier alpha value is -2.08. The van der Waals surface area contributed by atoms with E-state index >= 15 is 0 Å². The number of aryl methyl sites for hydroxylation is 1. The average molecular weight is 291 g/mol. The highest BCUT2D eigenvalue weighted by Crippen LogP contribution is 2.37. The lowest BCUT2D eigenvalue weighted by atomic mass is 10.2. The first-order chi connectivity index (χ1) is 9.69. The van der Waals surface area contributed by atoms with Crippen molar-refractivity contribution in [3.8, 4) is 22.1 Å². The Bertz CT molecular complexity index is 665. The van der Waals surface area contributed by atoms with Crippen LogP contribution in [0.1, 0.15) is 22.3 Å². The number of fused-ring (bicyclic) bond motifs is 1. The van der Waals surface area contributed by atoms with Crippen molar-refractivity contribution in [1.29, 1.82) is 0 Å². The Balaban J connectivity index is 1.95. The summed E-state index contributed by atoms with van der Waals surface area (Å²) in [5.74, 6) is 1.05. The molecule has 2 aromatic rings. The molecule has 0 unspecified atom stereocenters. The van der Waals surface area contributed by atoms with Gasteiger partial charge in [-0.3, -0.25) is 0 Å². The zero-order valence-corrected chi connectivity index (χ0v) is 12.0. The zero-order chi connectivity index (χ0) is 14.1. The van der Waals surface area contributed by atoms with Gasteiger partial charge in [0.15, 0.2) is 17.2 Å². The summed E-state index contributed by atoms with van der Waals surface area (Å²) in [5, 5.41) is 0.767. The van der Waals surface area contributed by atoms with Gasteiger partial charge in [-0.25, -0.2) is 9.78 Å². The van der Waals surface area contributed by atoms with Crippen LogP contribution < -0.4 is 9.47 Å². The summed E-state index contributed by atoms with van der Waals surface area (Å²) in [7, 11) is 0. The lowest BCUT2D eigenvalue weighted by Crippen LogP contribution is -2.06. The molecule has 1 aromatic heterocycles. The molecule has 5 nitrogen and oxygen atoms in total. The molecule has 0 saturated carbocycles. The van der Waals surface area contributed by atoms with Crippen molar-refractivity contribution >= 4 is 17.3 Å². The molecule has 1 aliphatic heterocycles. The third kappa shape index (κ3) is 2.22. The van der Waals surface area contributed by atoms with Gasteiger partial charge < -0.3 is 14.2 Å². The second kappa shape index (κ2) is 5.13. The molecule has 2 heterocycles. The van der Waals surface area contributed by atoms with Gasteiger partial charge in [-0.05, 0) is 32.0 Å². The number of aromatic nitrogens is 1. The van der Waals surface area contributed by atoms with E-state index in [0.29, 0.717) is 18.1 Å². The van der Waals surface area contributed by atoms with Gasteiger partial charge in [0.2, 0.25) is 6.79 Å². The number of ether oxygens (including phenoxy) is 3. The summed E-state index contributed by atoms with van der Waals surface area (Å²) in [4.78, 5) is 17.0. The van der Waals surface area contributed by atoms with Crippen LogP contribution in [0.5, 0.6) is 11.5 Å². The first-order valence-corrected chi connectivity index (χ1v) is 7.05. The van der Waals surface area contributed by atoms with E-state index in [4.69, 9.17) is 14.2 Å². The Morgan fingerprint density at radius 1 is 1.40 bits per heavy atom. The predicted molar refractivity (Wildman–Crippen MR) is 74.4 cm³/mol. The number of hydrogen-bond acceptors (Lipinski definition) is 6. The molecular weight excluding hydrogens is 278 g/mol. The van der Waals surface area contributed by atoms with Gasteiger partial charge >= 0.3 is 5.97 Å². The topological polar surface area (TPSA) is 57.7 Å². The van der Waals surface area contributed by atoms with Crippen LogP contribution in [0.25, 0.3) is 10.6 Å². The molecular formula is C14H13NO4S. The molecule has 0 spiro atoms. The van der Waals surface area contributed by atoms with E-state index in [1.54, 1.807) is 6.92 Å². The number of benzene rings is 1. The summed E-state index contributed by atoms with van der Waals surface area (Å²) in [5.41, 5.74) is 1.28. The summed E-state index contributed by atoms with van der Waals surface area (Å²) in [6, 6.07) is 5.62. The number of carbonyl (C=O) groups excluding carboxylic acids is 1. The molecule has 104 valence electrons. The fourth-order valence-corrected chi connectivity index (χ4v) is 2.84. The molecule has 0 fully saturated rings. The smallest absolute Gasteiger partial charge is 0.358 e. The Morgan fingerprint density at radius 2 is 2.20 bits per heavy atom. The molecule has 0 radical (unpaired) electrons. The maximum absolute atomic E-state index is 11.8. The van der Waals surface area contributed by atoms with E-state index in [1.165, 1.54) is 11.3 Å². The van der Waals surface area contributed by atoms with Gasteiger partial charge in [0.25, 0.3) is 0 Å². The van der Waals surface area contributed by atoms with E-state index in [1.807, 2.05) is 25.1 Å². The molecule has 0 bridgehead atoms. The third-order valence-corrected chi connectivity index (χ3v) is 3.90. The maximum atomic E-state index is 11.8. The van der Waals surface area contributed by atoms with Gasteiger partial charge in [-0.15, -0.1) is 11.3 Å². The Kier molecular flexibility index (Phi) is 3.31. The minimum Gasteiger partial charge on any atom is -0.461 e. The summed E-state index contributed by atoms with van der Waals surface area (Å²) < 4.78 is 15.6. The van der Waals surface area contributed by atoms with Crippen LogP contribution in [0.3, 0.4) is 0 Å². The highest BCUT2D eigenvalue weighted by atomic mass is 32.1. The molecule has 1 aromatic carbocycles. The molecule has 0 atom stereocenters. The molecule has 0 aliphatic carbocycles. The van der Waals surface area contributed by atoms with Crippen LogP contribution in [0.2, 0.25) is 0 Å². The quantitative estimate of drug-likeness (QED) is 0.814. The predicted octanol–water partition coefficient (Wildman–Crippen LogP) is 3.02. The Labute approximate surface area is 120 Å². The minimum absolute atomic E-state index is 0.240. The molecule has 0 amide bonds. The van der Waals surface area contributed by atoms with Crippen LogP contribution in [-0.4, -0.2) is 24.4 Å². The fraction of sp³-hybridized carbons (Fsp3) is 0.286. The summed E-state index contributed by atoms with van der Waals surface area (Å²) in [6.45, 7) is 4.22. The van der Waals surface area contributed by atoms with Crippen LogP contribution in [0.15, 0.2) is 18.2 Å². The highest BCUT2D eigenvalue weighted by molar-refractivity contribution is 7.15. The van der Waals surface area contributed by atoms with Crippen LogP contribution in [-0.2, 0) is 4.74 Å². The fourth-order valence-electron chi connectivity index (χ4n) is 1.94. The SMILES string of the molecule is CCOC(=O)c1nc(-c2ccc3c(c2)OCO3)sc1C. The number of hydrogen-bond donors (Lipinski definition) is 0. The van der Waals surface area contributed by atoms with Crippen LogP contribution in [0.4, 0.5) is 0 Å². The van der Waals surface area contributed by atoms with E-state index in [-0.39, 0.29) is 12.8 Å². The van der Waals surface area contributed by atoms with Gasteiger partial charge in [-0.1, -0.05) is 0 Å². The first-order valence-electron chi connectivity index (χ1n) is 6.23. The summed E-state index contributed by atoms with van der Waals surface area (Å²) in [6.07, 6.45) is 0. The number of esters is 1. The van der Waals surface area contributed by atoms with Crippen molar-refractivity contribution in [2.75, 3.05) is 13.4 Å². The average Bonchev–Trinajstić information content (AvgIpc) is 3.04. The van der Waals surface area contributed by atoms with Crippen molar-refractivity contribution in [2.45, 2.75) is 13.8 Å². The monoisotopic (exact) mass is 291 g/mol. The van der Waals surface area contributed by atoms with Crippen LogP contribution in [0, 0.1) is 6.92 Å². The van der Waals surface area contributed by atoms with Crippen molar-refractivity contribution < 1.29 is 19.0 Å².